The molecule has 1 atom stereocenters. The summed E-state index contributed by atoms with van der Waals surface area (Å²) in [6, 6.07) is 0.0206. The van der Waals surface area contributed by atoms with Crippen LogP contribution in [-0.2, 0) is 7.05 Å². The molecule has 0 aliphatic heterocycles. The molecule has 102 valence electrons. The molecule has 0 bridgehead atoms. The first-order valence-electron chi connectivity index (χ1n) is 6.87. The fraction of sp³-hybridized carbons (Fsp3) is 0.846. The Bertz CT molecular complexity index is 371. The summed E-state index contributed by atoms with van der Waals surface area (Å²) in [5.74, 6) is 3.61. The zero-order chi connectivity index (χ0) is 13.0. The molecule has 1 saturated carbocycles. The van der Waals surface area contributed by atoms with Crippen LogP contribution < -0.4 is 5.73 Å². The van der Waals surface area contributed by atoms with E-state index in [1.807, 2.05) is 23.5 Å². The summed E-state index contributed by atoms with van der Waals surface area (Å²) in [5.41, 5.74) is 6.19. The van der Waals surface area contributed by atoms with Crippen LogP contribution >= 0.6 is 11.8 Å². The predicted octanol–water partition coefficient (Wildman–Crippen LogP) is 2.62. The Morgan fingerprint density at radius 2 is 2.11 bits per heavy atom. The first kappa shape index (κ1) is 13.9. The van der Waals surface area contributed by atoms with Crippen LogP contribution in [0.3, 0.4) is 0 Å². The Morgan fingerprint density at radius 3 is 2.78 bits per heavy atom. The van der Waals surface area contributed by atoms with Crippen LogP contribution in [0.4, 0.5) is 0 Å². The van der Waals surface area contributed by atoms with Crippen molar-refractivity contribution in [3.05, 3.63) is 11.6 Å². The number of aromatic nitrogens is 3. The molecule has 0 amide bonds. The molecule has 2 N–H and O–H groups in total. The molecule has 0 aromatic carbocycles. The van der Waals surface area contributed by atoms with Crippen molar-refractivity contribution in [3.63, 3.8) is 0 Å². The fourth-order valence-corrected chi connectivity index (χ4v) is 3.14. The van der Waals surface area contributed by atoms with Crippen molar-refractivity contribution in [1.82, 2.24) is 14.8 Å². The molecule has 1 heterocycles. The van der Waals surface area contributed by atoms with Gasteiger partial charge in [-0.15, -0.1) is 0 Å². The van der Waals surface area contributed by atoms with E-state index in [1.54, 1.807) is 0 Å². The average Bonchev–Trinajstić information content (AvgIpc) is 2.79. The second-order valence-corrected chi connectivity index (χ2v) is 6.16. The Labute approximate surface area is 114 Å². The first-order valence-corrected chi connectivity index (χ1v) is 8.27. The highest BCUT2D eigenvalue weighted by atomic mass is 32.2. The van der Waals surface area contributed by atoms with Crippen molar-refractivity contribution in [2.24, 2.45) is 12.8 Å². The topological polar surface area (TPSA) is 56.7 Å². The third-order valence-electron chi connectivity index (χ3n) is 3.75. The van der Waals surface area contributed by atoms with Gasteiger partial charge < -0.3 is 5.73 Å². The summed E-state index contributed by atoms with van der Waals surface area (Å²) in [6.45, 7) is 0. The van der Waals surface area contributed by atoms with Gasteiger partial charge in [-0.25, -0.2) is 4.98 Å². The fourth-order valence-electron chi connectivity index (χ4n) is 2.65. The third-order valence-corrected chi connectivity index (χ3v) is 4.39. The van der Waals surface area contributed by atoms with E-state index in [2.05, 4.69) is 11.4 Å². The molecule has 18 heavy (non-hydrogen) atoms. The van der Waals surface area contributed by atoms with Gasteiger partial charge in [0.1, 0.15) is 5.82 Å². The molecule has 1 aromatic rings. The van der Waals surface area contributed by atoms with Gasteiger partial charge in [0.25, 0.3) is 0 Å². The van der Waals surface area contributed by atoms with E-state index in [0.29, 0.717) is 5.92 Å². The maximum absolute atomic E-state index is 6.19. The largest absolute Gasteiger partial charge is 0.321 e. The summed E-state index contributed by atoms with van der Waals surface area (Å²) in [4.78, 5) is 4.70. The van der Waals surface area contributed by atoms with Crippen LogP contribution in [0.1, 0.15) is 62.1 Å². The summed E-state index contributed by atoms with van der Waals surface area (Å²) in [7, 11) is 1.97. The number of aryl methyl sites for hydroxylation is 1. The van der Waals surface area contributed by atoms with E-state index >= 15 is 0 Å². The molecule has 0 radical (unpaired) electrons. The second kappa shape index (κ2) is 6.57. The van der Waals surface area contributed by atoms with Crippen LogP contribution in [0.15, 0.2) is 0 Å². The molecule has 1 unspecified atom stereocenters. The van der Waals surface area contributed by atoms with Crippen LogP contribution in [0.2, 0.25) is 0 Å². The predicted molar refractivity (Wildman–Crippen MR) is 76.8 cm³/mol. The van der Waals surface area contributed by atoms with Crippen LogP contribution in [-0.4, -0.2) is 26.8 Å². The number of nitrogens with two attached hydrogens (primary N) is 1. The molecule has 2 rings (SSSR count). The quantitative estimate of drug-likeness (QED) is 0.892. The van der Waals surface area contributed by atoms with E-state index in [4.69, 9.17) is 10.7 Å². The van der Waals surface area contributed by atoms with E-state index < -0.39 is 0 Å². The lowest BCUT2D eigenvalue weighted by Crippen LogP contribution is -2.16. The average molecular weight is 268 g/mol. The highest BCUT2D eigenvalue weighted by Gasteiger charge is 2.22. The maximum atomic E-state index is 6.19. The van der Waals surface area contributed by atoms with Gasteiger partial charge in [0.15, 0.2) is 5.82 Å². The molecule has 1 fully saturated rings. The maximum Gasteiger partial charge on any atom is 0.154 e. The number of hydrogen-bond donors (Lipinski definition) is 1. The van der Waals surface area contributed by atoms with Crippen molar-refractivity contribution in [2.75, 3.05) is 12.0 Å². The summed E-state index contributed by atoms with van der Waals surface area (Å²) >= 11 is 1.83. The number of hydrogen-bond acceptors (Lipinski definition) is 4. The lowest BCUT2D eigenvalue weighted by atomic mass is 9.89. The van der Waals surface area contributed by atoms with Gasteiger partial charge in [0.05, 0.1) is 6.04 Å². The highest BCUT2D eigenvalue weighted by Crippen LogP contribution is 2.31. The smallest absolute Gasteiger partial charge is 0.154 e. The van der Waals surface area contributed by atoms with Gasteiger partial charge in [-0.3, -0.25) is 4.68 Å². The number of nitrogens with zero attached hydrogens (tertiary/aromatic N) is 3. The second-order valence-electron chi connectivity index (χ2n) is 5.17. The lowest BCUT2D eigenvalue weighted by Gasteiger charge is -2.18. The zero-order valence-corrected chi connectivity index (χ0v) is 12.2. The molecule has 5 heteroatoms. The van der Waals surface area contributed by atoms with E-state index in [0.717, 1.165) is 23.8 Å². The van der Waals surface area contributed by atoms with Crippen molar-refractivity contribution in [1.29, 1.82) is 0 Å². The molecular formula is C13H24N4S. The van der Waals surface area contributed by atoms with Crippen LogP contribution in [0.5, 0.6) is 0 Å². The van der Waals surface area contributed by atoms with Crippen molar-refractivity contribution in [2.45, 2.75) is 50.5 Å². The van der Waals surface area contributed by atoms with Gasteiger partial charge in [0.2, 0.25) is 0 Å². The lowest BCUT2D eigenvalue weighted by molar-refractivity contribution is 0.427. The highest BCUT2D eigenvalue weighted by molar-refractivity contribution is 7.98. The molecule has 0 spiro atoms. The SMILES string of the molecule is CSCCC(N)c1nc(C2CCCCC2)nn1C. The first-order chi connectivity index (χ1) is 8.72. The minimum Gasteiger partial charge on any atom is -0.321 e. The van der Waals surface area contributed by atoms with Gasteiger partial charge >= 0.3 is 0 Å². The number of thioether (sulfide) groups is 1. The minimum atomic E-state index is 0.0206. The van der Waals surface area contributed by atoms with Crippen molar-refractivity contribution in [3.8, 4) is 0 Å². The van der Waals surface area contributed by atoms with Gasteiger partial charge in [-0.05, 0) is 31.3 Å². The van der Waals surface area contributed by atoms with Gasteiger partial charge in [0, 0.05) is 13.0 Å². The third kappa shape index (κ3) is 3.26. The molecule has 0 saturated heterocycles. The Balaban J connectivity index is 2.05. The Hall–Kier alpha value is -0.550. The molecular weight excluding hydrogens is 244 g/mol. The minimum absolute atomic E-state index is 0.0206. The number of rotatable bonds is 5. The molecule has 1 aliphatic rings. The monoisotopic (exact) mass is 268 g/mol. The Kier molecular flexibility index (Phi) is 5.06. The van der Waals surface area contributed by atoms with Crippen molar-refractivity contribution >= 4 is 11.8 Å². The Morgan fingerprint density at radius 1 is 1.39 bits per heavy atom. The summed E-state index contributed by atoms with van der Waals surface area (Å²) < 4.78 is 1.88. The van der Waals surface area contributed by atoms with Crippen LogP contribution in [0.25, 0.3) is 0 Å². The zero-order valence-electron chi connectivity index (χ0n) is 11.4. The van der Waals surface area contributed by atoms with Gasteiger partial charge in [-0.2, -0.15) is 16.9 Å². The summed E-state index contributed by atoms with van der Waals surface area (Å²) in [5, 5.41) is 4.58. The molecule has 1 aliphatic carbocycles. The van der Waals surface area contributed by atoms with E-state index in [-0.39, 0.29) is 6.04 Å². The van der Waals surface area contributed by atoms with Crippen molar-refractivity contribution < 1.29 is 0 Å². The molecule has 1 aromatic heterocycles. The van der Waals surface area contributed by atoms with Crippen LogP contribution in [0, 0.1) is 0 Å². The van der Waals surface area contributed by atoms with E-state index in [1.165, 1.54) is 32.1 Å². The summed E-state index contributed by atoms with van der Waals surface area (Å²) in [6.07, 6.45) is 9.55. The van der Waals surface area contributed by atoms with Gasteiger partial charge in [-0.1, -0.05) is 19.3 Å². The molecule has 4 nitrogen and oxygen atoms in total. The normalized spacial score (nSPS) is 19.1. The standard InChI is InChI=1S/C13H24N4S/c1-17-13(11(14)8-9-18-2)15-12(16-17)10-6-4-3-5-7-10/h10-11H,3-9,14H2,1-2H3. The van der Waals surface area contributed by atoms with E-state index in [9.17, 15) is 0 Å².